The Balaban J connectivity index is 1.45. The number of guanidine groups is 2. The number of piperazine rings is 1. The molecular formula is C26H30N6O. The molecule has 2 aromatic carbocycles. The molecule has 0 saturated carbocycles. The summed E-state index contributed by atoms with van der Waals surface area (Å²) in [6, 6.07) is 16.8. The van der Waals surface area contributed by atoms with E-state index in [-0.39, 0.29) is 6.17 Å². The van der Waals surface area contributed by atoms with Crippen molar-refractivity contribution < 1.29 is 4.74 Å². The summed E-state index contributed by atoms with van der Waals surface area (Å²) in [5.41, 5.74) is 5.59. The van der Waals surface area contributed by atoms with E-state index in [1.807, 2.05) is 25.1 Å². The van der Waals surface area contributed by atoms with Gasteiger partial charge in [-0.15, -0.1) is 0 Å². The second-order valence-electron chi connectivity index (χ2n) is 8.68. The van der Waals surface area contributed by atoms with Gasteiger partial charge in [0.05, 0.1) is 7.11 Å². The maximum atomic E-state index is 5.68. The van der Waals surface area contributed by atoms with Gasteiger partial charge in [-0.25, -0.2) is 9.98 Å². The molecule has 0 N–H and O–H groups in total. The minimum Gasteiger partial charge on any atom is -0.496 e. The molecule has 3 aliphatic rings. The van der Waals surface area contributed by atoms with Crippen LogP contribution in [-0.4, -0.2) is 60.7 Å². The number of benzene rings is 2. The van der Waals surface area contributed by atoms with Crippen LogP contribution in [-0.2, 0) is 0 Å². The second kappa shape index (κ2) is 8.73. The Morgan fingerprint density at radius 2 is 1.61 bits per heavy atom. The largest absolute Gasteiger partial charge is 0.496 e. The van der Waals surface area contributed by atoms with Crippen molar-refractivity contribution in [2.75, 3.05) is 38.2 Å². The Hall–Kier alpha value is -3.61. The number of rotatable bonds is 3. The van der Waals surface area contributed by atoms with Gasteiger partial charge in [0.2, 0.25) is 11.9 Å². The van der Waals surface area contributed by atoms with Crippen LogP contribution >= 0.6 is 0 Å². The fourth-order valence-corrected chi connectivity index (χ4v) is 4.67. The van der Waals surface area contributed by atoms with Crippen molar-refractivity contribution in [3.8, 4) is 5.75 Å². The first-order valence-electron chi connectivity index (χ1n) is 11.4. The average molecular weight is 443 g/mol. The number of aryl methyl sites for hydroxylation is 1. The highest BCUT2D eigenvalue weighted by Gasteiger charge is 2.34. The Morgan fingerprint density at radius 3 is 2.36 bits per heavy atom. The second-order valence-corrected chi connectivity index (χ2v) is 8.68. The molecule has 7 heteroatoms. The molecule has 0 radical (unpaired) electrons. The molecule has 1 saturated heterocycles. The first kappa shape index (κ1) is 21.2. The number of nitrogens with zero attached hydrogens (tertiary/aromatic N) is 6. The molecule has 0 bridgehead atoms. The smallest absolute Gasteiger partial charge is 0.235 e. The van der Waals surface area contributed by atoms with Crippen LogP contribution in [0.1, 0.15) is 31.1 Å². The van der Waals surface area contributed by atoms with Crippen molar-refractivity contribution in [3.05, 3.63) is 71.4 Å². The highest BCUT2D eigenvalue weighted by atomic mass is 16.5. The van der Waals surface area contributed by atoms with Crippen LogP contribution in [0.15, 0.2) is 75.3 Å². The van der Waals surface area contributed by atoms with Gasteiger partial charge in [0, 0.05) is 48.8 Å². The Morgan fingerprint density at radius 1 is 0.848 bits per heavy atom. The van der Waals surface area contributed by atoms with E-state index in [2.05, 4.69) is 65.0 Å². The lowest BCUT2D eigenvalue weighted by atomic mass is 10.1. The molecule has 2 aromatic rings. The average Bonchev–Trinajstić information content (AvgIpc) is 2.83. The monoisotopic (exact) mass is 442 g/mol. The predicted molar refractivity (Wildman–Crippen MR) is 134 cm³/mol. The molecule has 33 heavy (non-hydrogen) atoms. The van der Waals surface area contributed by atoms with Gasteiger partial charge in [-0.05, 0) is 50.6 Å². The molecule has 0 amide bonds. The Labute approximate surface area is 195 Å². The van der Waals surface area contributed by atoms with Gasteiger partial charge in [0.1, 0.15) is 5.75 Å². The summed E-state index contributed by atoms with van der Waals surface area (Å²) in [5, 5.41) is 0. The molecule has 5 rings (SSSR count). The van der Waals surface area contributed by atoms with Crippen molar-refractivity contribution in [2.24, 2.45) is 15.0 Å². The van der Waals surface area contributed by atoms with E-state index in [1.165, 1.54) is 11.3 Å². The van der Waals surface area contributed by atoms with Gasteiger partial charge in [0.15, 0.2) is 6.17 Å². The molecule has 1 fully saturated rings. The number of allylic oxidation sites excluding steroid dienone is 2. The topological polar surface area (TPSA) is 56.0 Å². The first-order chi connectivity index (χ1) is 16.0. The number of hydrogen-bond acceptors (Lipinski definition) is 7. The van der Waals surface area contributed by atoms with E-state index in [4.69, 9.17) is 19.7 Å². The molecule has 3 heterocycles. The lowest BCUT2D eigenvalue weighted by Crippen LogP contribution is -2.50. The van der Waals surface area contributed by atoms with E-state index in [0.29, 0.717) is 5.96 Å². The lowest BCUT2D eigenvalue weighted by molar-refractivity contribution is 0.334. The Kier molecular flexibility index (Phi) is 5.62. The highest BCUT2D eigenvalue weighted by molar-refractivity contribution is 6.09. The quantitative estimate of drug-likeness (QED) is 0.714. The summed E-state index contributed by atoms with van der Waals surface area (Å²) in [5.74, 6) is 2.25. The molecule has 3 aliphatic heterocycles. The van der Waals surface area contributed by atoms with Crippen LogP contribution in [0.25, 0.3) is 0 Å². The van der Waals surface area contributed by atoms with E-state index in [1.54, 1.807) is 7.11 Å². The number of anilines is 1. The summed E-state index contributed by atoms with van der Waals surface area (Å²) in [7, 11) is 1.70. The van der Waals surface area contributed by atoms with Crippen LogP contribution in [0.2, 0.25) is 0 Å². The third kappa shape index (κ3) is 4.11. The maximum absolute atomic E-state index is 5.68. The number of aliphatic imine (C=N–C) groups is 3. The summed E-state index contributed by atoms with van der Waals surface area (Å²) in [4.78, 5) is 21.6. The number of para-hydroxylation sites is 1. The molecule has 170 valence electrons. The molecule has 0 aromatic heterocycles. The van der Waals surface area contributed by atoms with Crippen LogP contribution in [0.4, 0.5) is 5.69 Å². The zero-order valence-corrected chi connectivity index (χ0v) is 19.7. The minimum absolute atomic E-state index is 0.272. The van der Waals surface area contributed by atoms with E-state index >= 15 is 0 Å². The van der Waals surface area contributed by atoms with Crippen molar-refractivity contribution in [1.82, 2.24) is 9.80 Å². The van der Waals surface area contributed by atoms with Crippen LogP contribution in [0, 0.1) is 6.92 Å². The van der Waals surface area contributed by atoms with Crippen molar-refractivity contribution in [1.29, 1.82) is 0 Å². The summed E-state index contributed by atoms with van der Waals surface area (Å²) in [6.45, 7) is 9.80. The zero-order valence-electron chi connectivity index (χ0n) is 19.7. The molecular weight excluding hydrogens is 412 g/mol. The number of ether oxygens (including phenoxy) is 1. The maximum Gasteiger partial charge on any atom is 0.235 e. The molecule has 1 atom stereocenters. The Bertz CT molecular complexity index is 1170. The van der Waals surface area contributed by atoms with E-state index in [0.717, 1.165) is 54.9 Å². The molecule has 7 nitrogen and oxygen atoms in total. The van der Waals surface area contributed by atoms with Crippen LogP contribution in [0.3, 0.4) is 0 Å². The number of methoxy groups -OCH3 is 1. The van der Waals surface area contributed by atoms with Gasteiger partial charge in [-0.1, -0.05) is 30.3 Å². The van der Waals surface area contributed by atoms with Crippen molar-refractivity contribution in [2.45, 2.75) is 26.9 Å². The van der Waals surface area contributed by atoms with E-state index in [9.17, 15) is 0 Å². The normalized spacial score (nSPS) is 20.5. The SMILES string of the molecule is COc1ccccc1[C@H]1N=C(N2CCN(c3cccc(C)c3)CC2)N=C2N=C(C)C=C(C)N21. The summed E-state index contributed by atoms with van der Waals surface area (Å²) < 4.78 is 5.68. The molecule has 0 unspecified atom stereocenters. The molecule has 0 aliphatic carbocycles. The van der Waals surface area contributed by atoms with Gasteiger partial charge in [-0.3, -0.25) is 4.90 Å². The summed E-state index contributed by atoms with van der Waals surface area (Å²) in [6.07, 6.45) is 1.80. The predicted octanol–water partition coefficient (Wildman–Crippen LogP) is 4.23. The zero-order chi connectivity index (χ0) is 22.9. The van der Waals surface area contributed by atoms with Gasteiger partial charge < -0.3 is 14.5 Å². The fourth-order valence-electron chi connectivity index (χ4n) is 4.67. The number of hydrogen-bond donors (Lipinski definition) is 0. The standard InChI is InChI=1S/C26H30N6O/c1-18-8-7-9-21(16-18)30-12-14-31(15-13-30)25-28-24(22-10-5-6-11-23(22)33-4)32-20(3)17-19(2)27-26(32)29-25/h5-11,16-17,24H,12-15H2,1-4H3/t24-/m0/s1. The minimum atomic E-state index is -0.272. The van der Waals surface area contributed by atoms with Gasteiger partial charge in [-0.2, -0.15) is 4.99 Å². The lowest BCUT2D eigenvalue weighted by Gasteiger charge is -2.40. The van der Waals surface area contributed by atoms with Gasteiger partial charge >= 0.3 is 0 Å². The van der Waals surface area contributed by atoms with E-state index < -0.39 is 0 Å². The first-order valence-corrected chi connectivity index (χ1v) is 11.4. The molecule has 0 spiro atoms. The number of fused-ring (bicyclic) bond motifs is 1. The van der Waals surface area contributed by atoms with Crippen molar-refractivity contribution >= 4 is 23.3 Å². The van der Waals surface area contributed by atoms with Gasteiger partial charge in [0.25, 0.3) is 0 Å². The fraction of sp³-hybridized carbons (Fsp3) is 0.346. The highest BCUT2D eigenvalue weighted by Crippen LogP contribution is 2.36. The summed E-state index contributed by atoms with van der Waals surface area (Å²) >= 11 is 0. The van der Waals surface area contributed by atoms with Crippen LogP contribution in [0.5, 0.6) is 5.75 Å². The van der Waals surface area contributed by atoms with Crippen LogP contribution < -0.4 is 9.64 Å². The third-order valence-corrected chi connectivity index (χ3v) is 6.32. The third-order valence-electron chi connectivity index (χ3n) is 6.32. The van der Waals surface area contributed by atoms with Crippen molar-refractivity contribution in [3.63, 3.8) is 0 Å².